The molecule has 3 nitrogen and oxygen atoms in total. The first-order valence-corrected chi connectivity index (χ1v) is 5.39. The first-order chi connectivity index (χ1) is 6.49. The van der Waals surface area contributed by atoms with Crippen molar-refractivity contribution in [1.29, 1.82) is 0 Å². The molecule has 0 radical (unpaired) electrons. The Morgan fingerprint density at radius 2 is 2.21 bits per heavy atom. The van der Waals surface area contributed by atoms with Gasteiger partial charge in [0.25, 0.3) is 0 Å². The van der Waals surface area contributed by atoms with Crippen LogP contribution in [0.5, 0.6) is 0 Å². The molecule has 0 aromatic rings. The maximum absolute atomic E-state index is 9.83. The fourth-order valence-electron chi connectivity index (χ4n) is 1.54. The van der Waals surface area contributed by atoms with Crippen LogP contribution in [0.3, 0.4) is 0 Å². The molecule has 2 atom stereocenters. The van der Waals surface area contributed by atoms with Gasteiger partial charge >= 0.3 is 0 Å². The summed E-state index contributed by atoms with van der Waals surface area (Å²) in [4.78, 5) is 0. The van der Waals surface area contributed by atoms with Crippen molar-refractivity contribution in [2.75, 3.05) is 19.8 Å². The molecule has 1 aliphatic heterocycles. The molecule has 0 amide bonds. The fraction of sp³-hybridized carbons (Fsp3) is 1.00. The highest BCUT2D eigenvalue weighted by atomic mass is 16.5. The molecule has 0 aliphatic carbocycles. The summed E-state index contributed by atoms with van der Waals surface area (Å²) in [5.74, 6) is 0.256. The lowest BCUT2D eigenvalue weighted by molar-refractivity contribution is -0.0864. The third-order valence-electron chi connectivity index (χ3n) is 2.43. The van der Waals surface area contributed by atoms with Crippen LogP contribution < -0.4 is 0 Å². The molecule has 3 heteroatoms. The smallest absolute Gasteiger partial charge is 0.0824 e. The summed E-state index contributed by atoms with van der Waals surface area (Å²) in [7, 11) is 0. The van der Waals surface area contributed by atoms with Gasteiger partial charge < -0.3 is 14.6 Å². The lowest BCUT2D eigenvalue weighted by Crippen LogP contribution is -2.35. The topological polar surface area (TPSA) is 38.7 Å². The van der Waals surface area contributed by atoms with Crippen molar-refractivity contribution in [1.82, 2.24) is 0 Å². The predicted octanol–water partition coefficient (Wildman–Crippen LogP) is 1.59. The standard InChI is InChI=1S/C11H22O3/c1-11(2,3)14-8-10(12)9-5-4-6-13-7-9/h9-10,12H,4-8H2,1-3H3. The molecular weight excluding hydrogens is 180 g/mol. The van der Waals surface area contributed by atoms with E-state index in [4.69, 9.17) is 9.47 Å². The van der Waals surface area contributed by atoms with Crippen LogP contribution in [-0.4, -0.2) is 36.6 Å². The van der Waals surface area contributed by atoms with Crippen molar-refractivity contribution in [2.24, 2.45) is 5.92 Å². The van der Waals surface area contributed by atoms with Crippen LogP contribution in [0.4, 0.5) is 0 Å². The van der Waals surface area contributed by atoms with Gasteiger partial charge in [0, 0.05) is 12.5 Å². The molecule has 84 valence electrons. The van der Waals surface area contributed by atoms with Gasteiger partial charge in [0.1, 0.15) is 0 Å². The lowest BCUT2D eigenvalue weighted by Gasteiger charge is -2.29. The molecule has 1 heterocycles. The third-order valence-corrected chi connectivity index (χ3v) is 2.43. The Hall–Kier alpha value is -0.120. The summed E-state index contributed by atoms with van der Waals surface area (Å²) in [5.41, 5.74) is -0.170. The minimum Gasteiger partial charge on any atom is -0.390 e. The highest BCUT2D eigenvalue weighted by Gasteiger charge is 2.24. The van der Waals surface area contributed by atoms with E-state index in [-0.39, 0.29) is 17.6 Å². The Bertz CT molecular complexity index is 156. The molecule has 0 spiro atoms. The summed E-state index contributed by atoms with van der Waals surface area (Å²) < 4.78 is 10.9. The normalized spacial score (nSPS) is 26.1. The highest BCUT2D eigenvalue weighted by molar-refractivity contribution is 4.72. The van der Waals surface area contributed by atoms with Crippen LogP contribution in [-0.2, 0) is 9.47 Å². The average Bonchev–Trinajstić information content (AvgIpc) is 2.14. The van der Waals surface area contributed by atoms with E-state index in [9.17, 15) is 5.11 Å². The van der Waals surface area contributed by atoms with E-state index in [1.165, 1.54) is 0 Å². The number of aliphatic hydroxyl groups is 1. The van der Waals surface area contributed by atoms with E-state index in [1.807, 2.05) is 20.8 Å². The maximum atomic E-state index is 9.83. The van der Waals surface area contributed by atoms with Gasteiger partial charge in [-0.2, -0.15) is 0 Å². The van der Waals surface area contributed by atoms with Crippen LogP contribution in [0, 0.1) is 5.92 Å². The second-order valence-corrected chi connectivity index (χ2v) is 4.97. The maximum Gasteiger partial charge on any atom is 0.0824 e. The molecule has 1 saturated heterocycles. The Kier molecular flexibility index (Phi) is 4.35. The van der Waals surface area contributed by atoms with Crippen molar-refractivity contribution >= 4 is 0 Å². The van der Waals surface area contributed by atoms with Crippen molar-refractivity contribution in [3.8, 4) is 0 Å². The highest BCUT2D eigenvalue weighted by Crippen LogP contribution is 2.19. The third kappa shape index (κ3) is 4.40. The van der Waals surface area contributed by atoms with Gasteiger partial charge in [-0.3, -0.25) is 0 Å². The van der Waals surface area contributed by atoms with E-state index in [2.05, 4.69) is 0 Å². The zero-order valence-corrected chi connectivity index (χ0v) is 9.45. The molecule has 2 unspecified atom stereocenters. The zero-order chi connectivity index (χ0) is 10.6. The molecule has 1 rings (SSSR count). The van der Waals surface area contributed by atoms with E-state index >= 15 is 0 Å². The number of hydrogen-bond donors (Lipinski definition) is 1. The van der Waals surface area contributed by atoms with Gasteiger partial charge in [-0.15, -0.1) is 0 Å². The number of rotatable bonds is 3. The Balaban J connectivity index is 2.23. The molecule has 14 heavy (non-hydrogen) atoms. The van der Waals surface area contributed by atoms with Crippen molar-refractivity contribution in [3.63, 3.8) is 0 Å². The summed E-state index contributed by atoms with van der Waals surface area (Å²) in [6.07, 6.45) is 1.72. The van der Waals surface area contributed by atoms with Gasteiger partial charge in [0.05, 0.1) is 24.9 Å². The Morgan fingerprint density at radius 1 is 1.50 bits per heavy atom. The summed E-state index contributed by atoms with van der Waals surface area (Å²) in [5, 5.41) is 9.83. The van der Waals surface area contributed by atoms with Crippen molar-refractivity contribution in [3.05, 3.63) is 0 Å². The molecule has 0 aromatic heterocycles. The summed E-state index contributed by atoms with van der Waals surface area (Å²) in [6.45, 7) is 7.92. The number of aliphatic hydroxyl groups excluding tert-OH is 1. The van der Waals surface area contributed by atoms with Crippen molar-refractivity contribution in [2.45, 2.75) is 45.3 Å². The first kappa shape index (κ1) is 12.0. The SMILES string of the molecule is CC(C)(C)OCC(O)C1CCCOC1. The largest absolute Gasteiger partial charge is 0.390 e. The lowest BCUT2D eigenvalue weighted by atomic mass is 9.96. The van der Waals surface area contributed by atoms with E-state index < -0.39 is 0 Å². The van der Waals surface area contributed by atoms with Crippen LogP contribution in [0.15, 0.2) is 0 Å². The van der Waals surface area contributed by atoms with Crippen LogP contribution >= 0.6 is 0 Å². The molecule has 0 saturated carbocycles. The van der Waals surface area contributed by atoms with E-state index in [0.717, 1.165) is 19.4 Å². The predicted molar refractivity (Wildman–Crippen MR) is 55.3 cm³/mol. The van der Waals surface area contributed by atoms with Crippen LogP contribution in [0.25, 0.3) is 0 Å². The fourth-order valence-corrected chi connectivity index (χ4v) is 1.54. The number of ether oxygens (including phenoxy) is 2. The van der Waals surface area contributed by atoms with Crippen molar-refractivity contribution < 1.29 is 14.6 Å². The van der Waals surface area contributed by atoms with E-state index in [1.54, 1.807) is 0 Å². The number of hydrogen-bond acceptors (Lipinski definition) is 3. The quantitative estimate of drug-likeness (QED) is 0.755. The zero-order valence-electron chi connectivity index (χ0n) is 9.45. The average molecular weight is 202 g/mol. The summed E-state index contributed by atoms with van der Waals surface area (Å²) in [6, 6.07) is 0. The second kappa shape index (κ2) is 5.10. The molecule has 0 aromatic carbocycles. The van der Waals surface area contributed by atoms with Crippen LogP contribution in [0.2, 0.25) is 0 Å². The van der Waals surface area contributed by atoms with Gasteiger partial charge in [-0.05, 0) is 33.6 Å². The molecule has 1 aliphatic rings. The van der Waals surface area contributed by atoms with Crippen LogP contribution in [0.1, 0.15) is 33.6 Å². The van der Waals surface area contributed by atoms with Gasteiger partial charge in [0.15, 0.2) is 0 Å². The van der Waals surface area contributed by atoms with Gasteiger partial charge in [-0.1, -0.05) is 0 Å². The second-order valence-electron chi connectivity index (χ2n) is 4.97. The minimum atomic E-state index is -0.380. The van der Waals surface area contributed by atoms with Gasteiger partial charge in [0.2, 0.25) is 0 Å². The van der Waals surface area contributed by atoms with Gasteiger partial charge in [-0.25, -0.2) is 0 Å². The molecule has 1 fully saturated rings. The molecular formula is C11H22O3. The molecule has 0 bridgehead atoms. The monoisotopic (exact) mass is 202 g/mol. The molecule has 1 N–H and O–H groups in total. The summed E-state index contributed by atoms with van der Waals surface area (Å²) >= 11 is 0. The Morgan fingerprint density at radius 3 is 2.71 bits per heavy atom. The first-order valence-electron chi connectivity index (χ1n) is 5.39. The van der Waals surface area contributed by atoms with E-state index in [0.29, 0.717) is 13.2 Å². The minimum absolute atomic E-state index is 0.170. The Labute approximate surface area is 86.4 Å².